The van der Waals surface area contributed by atoms with Gasteiger partial charge in [0.1, 0.15) is 23.3 Å². The standard InChI is InChI=1S/C23H34BrN3.C21H30BrN3.C20H28BrN3.C20H28ClN3/c1-6-15(3)18-7-9-19(10-8-18)22-25-23(27-26-22)21(24)13-20-16(4)11-14(2)12-17(20)5;1-5-16-10-14(3)18(15(4)11-16)12-19(22)21-23-20(24-25-21)17-8-6-13(2)7-9-17;2*1-12-5-7-16(8-6-12)19-22-20(24-23-19)18(21)11-17-14(3)9-13(2)10-15(17)4/h7-10,14-17,20-21H,6,11-13H2,1-5H3,(H,25,26,27);6-9,14-16,18-19H,5,10-12H2,1-4H3,(H,23,24,25);2*5-8,13-15,17-18H,9-11H2,1-4H3,(H,22,23,24). The number of hydrogen-bond donors (Lipinski definition) is 4. The number of hydrogen-bond acceptors (Lipinski definition) is 8. The summed E-state index contributed by atoms with van der Waals surface area (Å²) in [6, 6.07) is 33.7. The van der Waals surface area contributed by atoms with Crippen molar-refractivity contribution in [3.05, 3.63) is 143 Å². The molecule has 16 heteroatoms. The molecule has 12 rings (SSSR count). The molecule has 0 radical (unpaired) electrons. The monoisotopic (exact) mass is 1570 g/mol. The van der Waals surface area contributed by atoms with Crippen LogP contribution in [0.1, 0.15) is 258 Å². The zero-order valence-corrected chi connectivity index (χ0v) is 68.9. The number of aromatic amines is 4. The molecular weight excluding hydrogens is 1450 g/mol. The van der Waals surface area contributed by atoms with E-state index in [0.717, 1.165) is 190 Å². The fourth-order valence-electron chi connectivity index (χ4n) is 18.0. The third kappa shape index (κ3) is 21.7. The first-order valence-corrected chi connectivity index (χ1v) is 41.5. The van der Waals surface area contributed by atoms with Crippen LogP contribution in [0, 0.1) is 115 Å². The van der Waals surface area contributed by atoms with Crippen molar-refractivity contribution in [3.63, 3.8) is 0 Å². The van der Waals surface area contributed by atoms with Crippen LogP contribution >= 0.6 is 59.4 Å². The molecule has 0 saturated heterocycles. The highest BCUT2D eigenvalue weighted by Crippen LogP contribution is 2.48. The van der Waals surface area contributed by atoms with Gasteiger partial charge >= 0.3 is 0 Å². The molecule has 4 aliphatic carbocycles. The maximum atomic E-state index is 6.70. The molecule has 4 N–H and O–H groups in total. The Hall–Kier alpha value is -4.83. The molecule has 8 aromatic rings. The Bertz CT molecular complexity index is 3530. The zero-order chi connectivity index (χ0) is 72.1. The first kappa shape index (κ1) is 79.3. The van der Waals surface area contributed by atoms with E-state index in [1.165, 1.54) is 80.0 Å². The van der Waals surface area contributed by atoms with Crippen LogP contribution in [0.2, 0.25) is 0 Å². The summed E-state index contributed by atoms with van der Waals surface area (Å²) in [5.41, 5.74) is 9.36. The van der Waals surface area contributed by atoms with Crippen molar-refractivity contribution in [3.8, 4) is 45.6 Å². The van der Waals surface area contributed by atoms with Gasteiger partial charge in [0.2, 0.25) is 0 Å². The van der Waals surface area contributed by atoms with E-state index in [-0.39, 0.29) is 19.9 Å². The van der Waals surface area contributed by atoms with E-state index in [9.17, 15) is 0 Å². The summed E-state index contributed by atoms with van der Waals surface area (Å²) >= 11 is 18.3. The van der Waals surface area contributed by atoms with Crippen molar-refractivity contribution < 1.29 is 0 Å². The fraction of sp³-hybridized carbons (Fsp3) is 0.619. The number of H-pyrrole nitrogens is 4. The molecule has 4 aromatic heterocycles. The first-order valence-electron chi connectivity index (χ1n) is 38.3. The molecule has 4 fully saturated rings. The maximum absolute atomic E-state index is 6.70. The number of nitrogens with zero attached hydrogens (tertiary/aromatic N) is 8. The second-order valence-electron chi connectivity index (χ2n) is 32.5. The quantitative estimate of drug-likeness (QED) is 0.0581. The lowest BCUT2D eigenvalue weighted by atomic mass is 9.67. The van der Waals surface area contributed by atoms with E-state index in [0.29, 0.717) is 11.8 Å². The van der Waals surface area contributed by atoms with Gasteiger partial charge in [-0.3, -0.25) is 20.4 Å². The molecule has 100 heavy (non-hydrogen) atoms. The Morgan fingerprint density at radius 2 is 0.620 bits per heavy atom. The molecule has 13 unspecified atom stereocenters. The summed E-state index contributed by atoms with van der Waals surface area (Å²) in [7, 11) is 0. The van der Waals surface area contributed by atoms with Gasteiger partial charge in [-0.2, -0.15) is 20.4 Å². The van der Waals surface area contributed by atoms with E-state index in [1.54, 1.807) is 0 Å². The summed E-state index contributed by atoms with van der Waals surface area (Å²) in [4.78, 5) is 19.6. The summed E-state index contributed by atoms with van der Waals surface area (Å²) in [6.45, 7) is 39.5. The smallest absolute Gasteiger partial charge is 0.181 e. The summed E-state index contributed by atoms with van der Waals surface area (Å²) in [5, 5.41) is 30.1. The predicted molar refractivity (Wildman–Crippen MR) is 428 cm³/mol. The van der Waals surface area contributed by atoms with Crippen LogP contribution in [0.25, 0.3) is 45.6 Å². The van der Waals surface area contributed by atoms with Crippen molar-refractivity contribution in [2.75, 3.05) is 0 Å². The Kier molecular flexibility index (Phi) is 29.5. The summed E-state index contributed by atoms with van der Waals surface area (Å²) in [6.07, 6.45) is 17.6. The lowest BCUT2D eigenvalue weighted by Crippen LogP contribution is -2.30. The minimum atomic E-state index is -0.0972. The Labute approximate surface area is 631 Å². The van der Waals surface area contributed by atoms with E-state index < -0.39 is 0 Å². The highest BCUT2D eigenvalue weighted by molar-refractivity contribution is 9.09. The molecule has 544 valence electrons. The second kappa shape index (κ2) is 37.2. The topological polar surface area (TPSA) is 166 Å². The van der Waals surface area contributed by atoms with Crippen molar-refractivity contribution >= 4 is 59.4 Å². The van der Waals surface area contributed by atoms with Crippen molar-refractivity contribution in [2.45, 2.75) is 233 Å². The van der Waals surface area contributed by atoms with Crippen LogP contribution in [0.4, 0.5) is 0 Å². The van der Waals surface area contributed by atoms with Gasteiger partial charge in [-0.15, -0.1) is 11.6 Å². The highest BCUT2D eigenvalue weighted by atomic mass is 79.9. The van der Waals surface area contributed by atoms with E-state index in [2.05, 4.69) is 308 Å². The third-order valence-corrected chi connectivity index (χ3v) is 26.7. The maximum Gasteiger partial charge on any atom is 0.181 e. The molecule has 0 amide bonds. The number of alkyl halides is 4. The second-order valence-corrected chi connectivity index (χ2v) is 36.3. The highest BCUT2D eigenvalue weighted by Gasteiger charge is 2.38. The Morgan fingerprint density at radius 1 is 0.370 bits per heavy atom. The van der Waals surface area contributed by atoms with Gasteiger partial charge < -0.3 is 0 Å². The van der Waals surface area contributed by atoms with Crippen LogP contribution in [0.3, 0.4) is 0 Å². The summed E-state index contributed by atoms with van der Waals surface area (Å²) in [5.74, 6) is 19.8. The Balaban J connectivity index is 0.000000156. The molecule has 12 nitrogen and oxygen atoms in total. The van der Waals surface area contributed by atoms with E-state index in [4.69, 9.17) is 26.6 Å². The molecule has 4 heterocycles. The average Bonchev–Trinajstić information content (AvgIpc) is 1.39. The zero-order valence-electron chi connectivity index (χ0n) is 63.4. The van der Waals surface area contributed by atoms with Crippen LogP contribution < -0.4 is 0 Å². The Morgan fingerprint density at radius 3 is 0.900 bits per heavy atom. The van der Waals surface area contributed by atoms with Gasteiger partial charge in [0.05, 0.1) is 19.9 Å². The minimum absolute atomic E-state index is 0.0972. The molecule has 13 atom stereocenters. The van der Waals surface area contributed by atoms with Crippen molar-refractivity contribution in [2.24, 2.45) is 94.7 Å². The largest absolute Gasteiger partial charge is 0.262 e. The van der Waals surface area contributed by atoms with Gasteiger partial charge in [0.25, 0.3) is 0 Å². The number of halogens is 4. The third-order valence-electron chi connectivity index (χ3n) is 23.9. The van der Waals surface area contributed by atoms with Gasteiger partial charge in [-0.1, -0.05) is 265 Å². The van der Waals surface area contributed by atoms with E-state index >= 15 is 0 Å². The number of nitrogens with one attached hydrogen (secondary N) is 4. The lowest BCUT2D eigenvalue weighted by molar-refractivity contribution is 0.117. The van der Waals surface area contributed by atoms with E-state index in [1.807, 2.05) is 0 Å². The molecule has 0 aliphatic heterocycles. The number of benzene rings is 4. The number of rotatable bonds is 19. The molecule has 4 saturated carbocycles. The van der Waals surface area contributed by atoms with Gasteiger partial charge in [-0.05, 0) is 210 Å². The number of aromatic nitrogens is 12. The van der Waals surface area contributed by atoms with Gasteiger partial charge in [0.15, 0.2) is 23.3 Å². The van der Waals surface area contributed by atoms with Gasteiger partial charge in [0, 0.05) is 22.3 Å². The lowest BCUT2D eigenvalue weighted by Gasteiger charge is -2.39. The summed E-state index contributed by atoms with van der Waals surface area (Å²) < 4.78 is 0. The van der Waals surface area contributed by atoms with Crippen molar-refractivity contribution in [1.82, 2.24) is 60.7 Å². The van der Waals surface area contributed by atoms with Crippen LogP contribution in [-0.2, 0) is 0 Å². The minimum Gasteiger partial charge on any atom is -0.262 e. The molecule has 4 aromatic carbocycles. The van der Waals surface area contributed by atoms with Gasteiger partial charge in [-0.25, -0.2) is 19.9 Å². The molecule has 0 spiro atoms. The number of aryl methyl sites for hydroxylation is 3. The predicted octanol–water partition coefficient (Wildman–Crippen LogP) is 25.1. The van der Waals surface area contributed by atoms with Crippen molar-refractivity contribution in [1.29, 1.82) is 0 Å². The fourth-order valence-corrected chi connectivity index (χ4v) is 20.2. The molecular formula is C84H120Br3ClN12. The van der Waals surface area contributed by atoms with Crippen LogP contribution in [0.15, 0.2) is 97.1 Å². The molecule has 4 aliphatic rings. The molecule has 0 bridgehead atoms. The normalized spacial score (nSPS) is 28.4. The average molecular weight is 1570 g/mol. The van der Waals surface area contributed by atoms with Crippen LogP contribution in [0.5, 0.6) is 0 Å². The SMILES string of the molecule is CCC(C)c1ccc(-c2n[nH]c(C(Br)CC3C(C)CC(C)CC3C)n2)cc1.CCC1CC(C)C(CC(Br)c2nc(-c3ccc(C)cc3)n[nH]2)C(C)C1.Cc1ccc(-c2n[nH]c(C(Br)CC3C(C)CC(C)CC3C)n2)cc1.Cc1ccc(-c2n[nH]c(C(Cl)CC3C(C)CC(C)CC3C)n2)cc1. The first-order chi connectivity index (χ1) is 47.7. The van der Waals surface area contributed by atoms with Crippen LogP contribution in [-0.4, -0.2) is 60.7 Å².